The summed E-state index contributed by atoms with van der Waals surface area (Å²) in [4.78, 5) is 23.0. The second kappa shape index (κ2) is 8.49. The lowest BCUT2D eigenvalue weighted by Gasteiger charge is -2.34. The third-order valence-electron chi connectivity index (χ3n) is 4.47. The predicted octanol–water partition coefficient (Wildman–Crippen LogP) is 4.03. The zero-order valence-corrected chi connectivity index (χ0v) is 15.9. The van der Waals surface area contributed by atoms with Crippen molar-refractivity contribution in [1.29, 1.82) is 0 Å². The normalized spacial score (nSPS) is 17.2. The van der Waals surface area contributed by atoms with Crippen LogP contribution in [-0.2, 0) is 4.79 Å². The summed E-state index contributed by atoms with van der Waals surface area (Å²) >= 11 is 1.32. The maximum Gasteiger partial charge on any atom is 0.234 e. The van der Waals surface area contributed by atoms with Crippen molar-refractivity contribution in [3.8, 4) is 0 Å². The van der Waals surface area contributed by atoms with Crippen LogP contribution in [0.5, 0.6) is 0 Å². The Morgan fingerprint density at radius 1 is 1.35 bits per heavy atom. The van der Waals surface area contributed by atoms with Crippen LogP contribution in [0.3, 0.4) is 0 Å². The molecule has 0 aliphatic carbocycles. The number of hydrogen-bond acceptors (Lipinski definition) is 5. The van der Waals surface area contributed by atoms with Crippen LogP contribution in [0.15, 0.2) is 35.6 Å². The monoisotopic (exact) mass is 374 g/mol. The molecule has 5 nitrogen and oxygen atoms in total. The Kier molecular flexibility index (Phi) is 6.08. The number of benzene rings is 1. The summed E-state index contributed by atoms with van der Waals surface area (Å²) in [5.41, 5.74) is 1.02. The number of rotatable bonds is 5. The number of thioether (sulfide) groups is 1. The molecule has 0 saturated carbocycles. The summed E-state index contributed by atoms with van der Waals surface area (Å²) in [6, 6.07) is 7.13. The van der Waals surface area contributed by atoms with Gasteiger partial charge in [-0.25, -0.2) is 14.4 Å². The van der Waals surface area contributed by atoms with E-state index in [1.165, 1.54) is 37.0 Å². The highest BCUT2D eigenvalue weighted by atomic mass is 32.2. The number of anilines is 2. The van der Waals surface area contributed by atoms with Crippen LogP contribution >= 0.6 is 11.8 Å². The van der Waals surface area contributed by atoms with Gasteiger partial charge in [0, 0.05) is 18.7 Å². The van der Waals surface area contributed by atoms with E-state index in [9.17, 15) is 9.18 Å². The summed E-state index contributed by atoms with van der Waals surface area (Å²) in [5, 5.41) is 3.35. The topological polar surface area (TPSA) is 58.1 Å². The van der Waals surface area contributed by atoms with E-state index in [0.29, 0.717) is 6.04 Å². The van der Waals surface area contributed by atoms with Crippen LogP contribution in [0.1, 0.15) is 31.7 Å². The minimum Gasteiger partial charge on any atom is -0.354 e. The Bertz CT molecular complexity index is 786. The number of halogens is 1. The molecule has 0 spiro atoms. The van der Waals surface area contributed by atoms with E-state index in [1.807, 2.05) is 6.07 Å². The van der Waals surface area contributed by atoms with Crippen LogP contribution in [0.2, 0.25) is 0 Å². The van der Waals surface area contributed by atoms with Crippen molar-refractivity contribution in [1.82, 2.24) is 9.97 Å². The van der Waals surface area contributed by atoms with Crippen molar-refractivity contribution >= 4 is 29.2 Å². The lowest BCUT2D eigenvalue weighted by atomic mass is 10.0. The van der Waals surface area contributed by atoms with E-state index in [-0.39, 0.29) is 17.3 Å². The molecule has 3 rings (SSSR count). The molecule has 1 aliphatic rings. The van der Waals surface area contributed by atoms with E-state index < -0.39 is 5.82 Å². The highest BCUT2D eigenvalue weighted by molar-refractivity contribution is 7.99. The van der Waals surface area contributed by atoms with Crippen molar-refractivity contribution in [3.05, 3.63) is 42.0 Å². The lowest BCUT2D eigenvalue weighted by molar-refractivity contribution is -0.113. The minimum atomic E-state index is -0.424. The Hall–Kier alpha value is -2.15. The van der Waals surface area contributed by atoms with Crippen molar-refractivity contribution in [2.24, 2.45) is 0 Å². The number of carbonyl (C=O) groups excluding carboxylic acids is 1. The molecule has 1 aromatic heterocycles. The average molecular weight is 374 g/mol. The number of aryl methyl sites for hydroxylation is 1. The van der Waals surface area contributed by atoms with Crippen LogP contribution in [-0.4, -0.2) is 34.2 Å². The molecule has 0 radical (unpaired) electrons. The lowest BCUT2D eigenvalue weighted by Crippen LogP contribution is -2.38. The second-order valence-electron chi connectivity index (χ2n) is 6.57. The number of amides is 1. The van der Waals surface area contributed by atoms with Gasteiger partial charge in [0.15, 0.2) is 0 Å². The molecule has 2 aromatic rings. The van der Waals surface area contributed by atoms with Crippen molar-refractivity contribution in [2.45, 2.75) is 44.2 Å². The standard InChI is InChI=1S/C19H23FN4OS/c1-13-6-7-16(15(20)9-13)23-18(25)11-26-19-10-17(21-12-22-19)24-8-4-3-5-14(24)2/h6-7,9-10,12,14H,3-5,8,11H2,1-2H3,(H,23,25)/t14-/m1/s1. The average Bonchev–Trinajstić information content (AvgIpc) is 2.63. The highest BCUT2D eigenvalue weighted by Gasteiger charge is 2.20. The quantitative estimate of drug-likeness (QED) is 0.632. The first-order valence-electron chi connectivity index (χ1n) is 8.80. The molecule has 1 amide bonds. The first-order chi connectivity index (χ1) is 12.5. The van der Waals surface area contributed by atoms with Gasteiger partial charge in [-0.3, -0.25) is 4.79 Å². The van der Waals surface area contributed by atoms with E-state index in [2.05, 4.69) is 27.1 Å². The summed E-state index contributed by atoms with van der Waals surface area (Å²) in [6.45, 7) is 5.01. The maximum absolute atomic E-state index is 13.8. The number of hydrogen-bond donors (Lipinski definition) is 1. The molecule has 0 unspecified atom stereocenters. The summed E-state index contributed by atoms with van der Waals surface area (Å²) in [7, 11) is 0. The van der Waals surface area contributed by atoms with E-state index >= 15 is 0 Å². The minimum absolute atomic E-state index is 0.166. The van der Waals surface area contributed by atoms with Crippen LogP contribution in [0.4, 0.5) is 15.9 Å². The first-order valence-corrected chi connectivity index (χ1v) is 9.79. The Morgan fingerprint density at radius 2 is 2.19 bits per heavy atom. The van der Waals surface area contributed by atoms with Gasteiger partial charge < -0.3 is 10.2 Å². The van der Waals surface area contributed by atoms with Gasteiger partial charge in [0.25, 0.3) is 0 Å². The van der Waals surface area contributed by atoms with Crippen LogP contribution < -0.4 is 10.2 Å². The summed E-state index contributed by atoms with van der Waals surface area (Å²) in [5.74, 6) is 0.384. The van der Waals surface area contributed by atoms with Crippen molar-refractivity contribution < 1.29 is 9.18 Å². The van der Waals surface area contributed by atoms with Gasteiger partial charge in [-0.15, -0.1) is 0 Å². The van der Waals surface area contributed by atoms with Crippen LogP contribution in [0.25, 0.3) is 0 Å². The zero-order chi connectivity index (χ0) is 18.5. The van der Waals surface area contributed by atoms with E-state index in [0.717, 1.165) is 29.4 Å². The molecule has 1 aliphatic heterocycles. The van der Waals surface area contributed by atoms with Crippen LogP contribution in [0, 0.1) is 12.7 Å². The van der Waals surface area contributed by atoms with Gasteiger partial charge in [0.1, 0.15) is 23.0 Å². The predicted molar refractivity (Wildman–Crippen MR) is 103 cm³/mol. The fraction of sp³-hybridized carbons (Fsp3) is 0.421. The zero-order valence-electron chi connectivity index (χ0n) is 15.0. The van der Waals surface area contributed by atoms with Gasteiger partial charge in [-0.1, -0.05) is 17.8 Å². The molecule has 138 valence electrons. The Morgan fingerprint density at radius 3 is 2.96 bits per heavy atom. The molecule has 1 fully saturated rings. The number of nitrogens with one attached hydrogen (secondary N) is 1. The number of piperidine rings is 1. The van der Waals surface area contributed by atoms with Crippen molar-refractivity contribution in [3.63, 3.8) is 0 Å². The maximum atomic E-state index is 13.8. The molecule has 1 atom stereocenters. The number of aromatic nitrogens is 2. The largest absolute Gasteiger partial charge is 0.354 e. The molecular formula is C19H23FN4OS. The van der Waals surface area contributed by atoms with Gasteiger partial charge in [-0.05, 0) is 50.8 Å². The third kappa shape index (κ3) is 4.72. The fourth-order valence-electron chi connectivity index (χ4n) is 3.05. The SMILES string of the molecule is Cc1ccc(NC(=O)CSc2cc(N3CCCC[C@H]3C)ncn2)c(F)c1. The molecule has 26 heavy (non-hydrogen) atoms. The molecule has 1 N–H and O–H groups in total. The Balaban J connectivity index is 1.59. The van der Waals surface area contributed by atoms with Gasteiger partial charge >= 0.3 is 0 Å². The molecule has 1 saturated heterocycles. The molecule has 2 heterocycles. The van der Waals surface area contributed by atoms with Gasteiger partial charge in [-0.2, -0.15) is 0 Å². The Labute approximate surface area is 157 Å². The molecule has 7 heteroatoms. The van der Waals surface area contributed by atoms with Gasteiger partial charge in [0.2, 0.25) is 5.91 Å². The summed E-state index contributed by atoms with van der Waals surface area (Å²) < 4.78 is 13.8. The number of carbonyl (C=O) groups is 1. The van der Waals surface area contributed by atoms with Gasteiger partial charge in [0.05, 0.1) is 11.4 Å². The van der Waals surface area contributed by atoms with E-state index in [1.54, 1.807) is 19.1 Å². The molecule has 1 aromatic carbocycles. The smallest absolute Gasteiger partial charge is 0.234 e. The molecular weight excluding hydrogens is 351 g/mol. The fourth-order valence-corrected chi connectivity index (χ4v) is 3.71. The highest BCUT2D eigenvalue weighted by Crippen LogP contribution is 2.25. The van der Waals surface area contributed by atoms with E-state index in [4.69, 9.17) is 0 Å². The second-order valence-corrected chi connectivity index (χ2v) is 7.57. The number of nitrogens with zero attached hydrogens (tertiary/aromatic N) is 3. The van der Waals surface area contributed by atoms with Crippen molar-refractivity contribution in [2.75, 3.05) is 22.5 Å². The third-order valence-corrected chi connectivity index (χ3v) is 5.40. The first kappa shape index (κ1) is 18.6. The molecule has 0 bridgehead atoms. The summed E-state index contributed by atoms with van der Waals surface area (Å²) in [6.07, 6.45) is 5.12.